The summed E-state index contributed by atoms with van der Waals surface area (Å²) in [5, 5.41) is 0. The Labute approximate surface area is 110 Å². The fraction of sp³-hybridized carbons (Fsp3) is 0.133. The lowest BCUT2D eigenvalue weighted by Crippen LogP contribution is -2.28. The van der Waals surface area contributed by atoms with Crippen LogP contribution in [0.3, 0.4) is 0 Å². The molecule has 3 nitrogen and oxygen atoms in total. The second-order valence-corrected chi connectivity index (χ2v) is 4.61. The second-order valence-electron chi connectivity index (χ2n) is 4.61. The monoisotopic (exact) mass is 256 g/mol. The zero-order chi connectivity index (χ0) is 13.4. The van der Waals surface area contributed by atoms with E-state index in [1.165, 1.54) is 12.1 Å². The van der Waals surface area contributed by atoms with Gasteiger partial charge in [-0.1, -0.05) is 6.07 Å². The standard InChI is InChI=1S/C15H13FN2O/c16-12-3-1-2-11(8-12)15(19)18-7-6-10-9-13(17)4-5-14(10)18/h1-5,8-9H,6-7,17H2. The van der Waals surface area contributed by atoms with Crippen LogP contribution in [0.2, 0.25) is 0 Å². The minimum Gasteiger partial charge on any atom is -0.399 e. The topological polar surface area (TPSA) is 46.3 Å². The SMILES string of the molecule is Nc1ccc2c(c1)CCN2C(=O)c1cccc(F)c1. The molecule has 96 valence electrons. The van der Waals surface area contributed by atoms with Crippen molar-refractivity contribution >= 4 is 17.3 Å². The number of amides is 1. The number of anilines is 2. The van der Waals surface area contributed by atoms with Gasteiger partial charge < -0.3 is 10.6 Å². The first-order valence-electron chi connectivity index (χ1n) is 6.11. The van der Waals surface area contributed by atoms with Crippen molar-refractivity contribution < 1.29 is 9.18 Å². The maximum absolute atomic E-state index is 13.2. The molecule has 0 radical (unpaired) electrons. The number of benzene rings is 2. The molecule has 0 aromatic heterocycles. The molecule has 1 aliphatic rings. The van der Waals surface area contributed by atoms with Gasteiger partial charge >= 0.3 is 0 Å². The van der Waals surface area contributed by atoms with E-state index in [1.807, 2.05) is 12.1 Å². The molecule has 3 rings (SSSR count). The number of halogens is 1. The van der Waals surface area contributed by atoms with Gasteiger partial charge in [0.2, 0.25) is 0 Å². The number of carbonyl (C=O) groups is 1. The van der Waals surface area contributed by atoms with Crippen LogP contribution >= 0.6 is 0 Å². The fourth-order valence-electron chi connectivity index (χ4n) is 2.41. The average molecular weight is 256 g/mol. The summed E-state index contributed by atoms with van der Waals surface area (Å²) in [7, 11) is 0. The van der Waals surface area contributed by atoms with Crippen molar-refractivity contribution in [3.8, 4) is 0 Å². The summed E-state index contributed by atoms with van der Waals surface area (Å²) in [5.74, 6) is -0.578. The van der Waals surface area contributed by atoms with E-state index in [4.69, 9.17) is 5.73 Å². The number of nitrogens with zero attached hydrogens (tertiary/aromatic N) is 1. The van der Waals surface area contributed by atoms with E-state index < -0.39 is 5.82 Å². The van der Waals surface area contributed by atoms with Crippen molar-refractivity contribution in [2.24, 2.45) is 0 Å². The van der Waals surface area contributed by atoms with Crippen molar-refractivity contribution in [3.63, 3.8) is 0 Å². The second kappa shape index (κ2) is 4.39. The summed E-state index contributed by atoms with van der Waals surface area (Å²) in [4.78, 5) is 14.0. The van der Waals surface area contributed by atoms with E-state index in [0.29, 0.717) is 17.8 Å². The van der Waals surface area contributed by atoms with Crippen molar-refractivity contribution in [2.75, 3.05) is 17.2 Å². The number of fused-ring (bicyclic) bond motifs is 1. The Bertz CT molecular complexity index is 654. The van der Waals surface area contributed by atoms with Crippen LogP contribution in [-0.4, -0.2) is 12.5 Å². The van der Waals surface area contributed by atoms with E-state index in [1.54, 1.807) is 23.1 Å². The van der Waals surface area contributed by atoms with Gasteiger partial charge in [-0.2, -0.15) is 0 Å². The number of nitrogens with two attached hydrogens (primary N) is 1. The van der Waals surface area contributed by atoms with Crippen molar-refractivity contribution in [1.29, 1.82) is 0 Å². The molecule has 1 heterocycles. The predicted molar refractivity (Wildman–Crippen MR) is 72.6 cm³/mol. The van der Waals surface area contributed by atoms with Gasteiger partial charge in [-0.25, -0.2) is 4.39 Å². The van der Waals surface area contributed by atoms with E-state index in [-0.39, 0.29) is 5.91 Å². The molecule has 0 bridgehead atoms. The average Bonchev–Trinajstić information content (AvgIpc) is 2.80. The highest BCUT2D eigenvalue weighted by Gasteiger charge is 2.25. The molecule has 0 atom stereocenters. The lowest BCUT2D eigenvalue weighted by Gasteiger charge is -2.17. The van der Waals surface area contributed by atoms with Crippen LogP contribution in [0, 0.1) is 5.82 Å². The van der Waals surface area contributed by atoms with Gasteiger partial charge in [0, 0.05) is 23.5 Å². The number of nitrogen functional groups attached to an aromatic ring is 1. The molecule has 0 spiro atoms. The maximum atomic E-state index is 13.2. The van der Waals surface area contributed by atoms with E-state index in [0.717, 1.165) is 17.7 Å². The van der Waals surface area contributed by atoms with E-state index >= 15 is 0 Å². The lowest BCUT2D eigenvalue weighted by atomic mass is 10.1. The van der Waals surface area contributed by atoms with Gasteiger partial charge in [0.05, 0.1) is 0 Å². The number of hydrogen-bond donors (Lipinski definition) is 1. The predicted octanol–water partition coefficient (Wildman–Crippen LogP) is 2.61. The quantitative estimate of drug-likeness (QED) is 0.797. The first-order chi connectivity index (χ1) is 9.15. The van der Waals surface area contributed by atoms with Gasteiger partial charge in [-0.05, 0) is 48.4 Å². The van der Waals surface area contributed by atoms with Gasteiger partial charge in [-0.3, -0.25) is 4.79 Å². The summed E-state index contributed by atoms with van der Waals surface area (Å²) >= 11 is 0. The third-order valence-corrected chi connectivity index (χ3v) is 3.32. The Kier molecular flexibility index (Phi) is 2.71. The Balaban J connectivity index is 1.95. The third kappa shape index (κ3) is 2.05. The highest BCUT2D eigenvalue weighted by Crippen LogP contribution is 2.30. The van der Waals surface area contributed by atoms with Crippen LogP contribution in [0.15, 0.2) is 42.5 Å². The molecule has 0 unspecified atom stereocenters. The Morgan fingerprint density at radius 1 is 1.21 bits per heavy atom. The molecule has 2 aromatic rings. The third-order valence-electron chi connectivity index (χ3n) is 3.32. The molecular formula is C15H13FN2O. The lowest BCUT2D eigenvalue weighted by molar-refractivity contribution is 0.0989. The normalized spacial score (nSPS) is 13.4. The highest BCUT2D eigenvalue weighted by atomic mass is 19.1. The molecule has 0 saturated heterocycles. The van der Waals surface area contributed by atoms with E-state index in [9.17, 15) is 9.18 Å². The van der Waals surface area contributed by atoms with Crippen LogP contribution in [0.4, 0.5) is 15.8 Å². The number of rotatable bonds is 1. The highest BCUT2D eigenvalue weighted by molar-refractivity contribution is 6.07. The first kappa shape index (κ1) is 11.7. The van der Waals surface area contributed by atoms with Crippen LogP contribution in [0.5, 0.6) is 0 Å². The van der Waals surface area contributed by atoms with Crippen LogP contribution in [-0.2, 0) is 6.42 Å². The van der Waals surface area contributed by atoms with Crippen molar-refractivity contribution in [3.05, 3.63) is 59.4 Å². The Hall–Kier alpha value is -2.36. The zero-order valence-corrected chi connectivity index (χ0v) is 10.3. The molecule has 0 aliphatic carbocycles. The van der Waals surface area contributed by atoms with Gasteiger partial charge in [0.1, 0.15) is 5.82 Å². The summed E-state index contributed by atoms with van der Waals surface area (Å²) in [5.41, 5.74) is 8.71. The largest absolute Gasteiger partial charge is 0.399 e. The Morgan fingerprint density at radius 2 is 2.05 bits per heavy atom. The van der Waals surface area contributed by atoms with Gasteiger partial charge in [0.15, 0.2) is 0 Å². The molecule has 2 aromatic carbocycles. The summed E-state index contributed by atoms with van der Waals surface area (Å²) < 4.78 is 13.2. The minimum atomic E-state index is -0.400. The smallest absolute Gasteiger partial charge is 0.258 e. The zero-order valence-electron chi connectivity index (χ0n) is 10.3. The summed E-state index contributed by atoms with van der Waals surface area (Å²) in [6, 6.07) is 11.3. The van der Waals surface area contributed by atoms with Crippen LogP contribution < -0.4 is 10.6 Å². The summed E-state index contributed by atoms with van der Waals surface area (Å²) in [6.07, 6.45) is 0.779. The maximum Gasteiger partial charge on any atom is 0.258 e. The molecule has 1 amide bonds. The Morgan fingerprint density at radius 3 is 2.84 bits per heavy atom. The molecule has 1 aliphatic heterocycles. The van der Waals surface area contributed by atoms with Crippen LogP contribution in [0.25, 0.3) is 0 Å². The first-order valence-corrected chi connectivity index (χ1v) is 6.11. The molecule has 2 N–H and O–H groups in total. The van der Waals surface area contributed by atoms with E-state index in [2.05, 4.69) is 0 Å². The minimum absolute atomic E-state index is 0.178. The molecule has 4 heteroatoms. The molecular weight excluding hydrogens is 243 g/mol. The van der Waals surface area contributed by atoms with Gasteiger partial charge in [0.25, 0.3) is 5.91 Å². The van der Waals surface area contributed by atoms with Gasteiger partial charge in [-0.15, -0.1) is 0 Å². The fourth-order valence-corrected chi connectivity index (χ4v) is 2.41. The van der Waals surface area contributed by atoms with Crippen molar-refractivity contribution in [1.82, 2.24) is 0 Å². The molecule has 19 heavy (non-hydrogen) atoms. The van der Waals surface area contributed by atoms with Crippen molar-refractivity contribution in [2.45, 2.75) is 6.42 Å². The molecule has 0 fully saturated rings. The summed E-state index contributed by atoms with van der Waals surface area (Å²) in [6.45, 7) is 0.605. The van der Waals surface area contributed by atoms with Crippen LogP contribution in [0.1, 0.15) is 15.9 Å². The molecule has 0 saturated carbocycles. The number of carbonyl (C=O) groups excluding carboxylic acids is 1. The number of hydrogen-bond acceptors (Lipinski definition) is 2.